The summed E-state index contributed by atoms with van der Waals surface area (Å²) in [7, 11) is 0. The molecule has 0 amide bonds. The Balaban J connectivity index is 2.22. The van der Waals surface area contributed by atoms with E-state index >= 15 is 0 Å². The van der Waals surface area contributed by atoms with Crippen LogP contribution in [0.3, 0.4) is 0 Å². The zero-order valence-electron chi connectivity index (χ0n) is 11.2. The van der Waals surface area contributed by atoms with Crippen molar-refractivity contribution < 1.29 is 5.11 Å². The molecule has 1 nitrogen and oxygen atoms in total. The third-order valence-electron chi connectivity index (χ3n) is 4.89. The lowest BCUT2D eigenvalue weighted by Gasteiger charge is -2.47. The van der Waals surface area contributed by atoms with Crippen molar-refractivity contribution >= 4 is 0 Å². The van der Waals surface area contributed by atoms with Crippen molar-refractivity contribution in [1.82, 2.24) is 0 Å². The molecule has 2 aliphatic carbocycles. The van der Waals surface area contributed by atoms with Gasteiger partial charge in [-0.25, -0.2) is 0 Å². The van der Waals surface area contributed by atoms with Crippen molar-refractivity contribution in [2.45, 2.75) is 59.0 Å². The van der Waals surface area contributed by atoms with Crippen LogP contribution < -0.4 is 0 Å². The molecule has 1 N–H and O–H groups in total. The molecule has 0 unspecified atom stereocenters. The summed E-state index contributed by atoms with van der Waals surface area (Å²) in [5.41, 5.74) is 1.17. The molecular weight excluding hydrogens is 196 g/mol. The number of aliphatic hydroxyl groups is 1. The van der Waals surface area contributed by atoms with Gasteiger partial charge in [-0.15, -0.1) is 0 Å². The molecule has 4 atom stereocenters. The van der Waals surface area contributed by atoms with Gasteiger partial charge in [0.1, 0.15) is 0 Å². The molecule has 0 bridgehead atoms. The molecular formula is C15H26O. The molecule has 1 heteroatoms. The van der Waals surface area contributed by atoms with E-state index in [4.69, 9.17) is 0 Å². The maximum Gasteiger partial charge on any atom is 0.0623 e. The summed E-state index contributed by atoms with van der Waals surface area (Å²) < 4.78 is 0. The first-order valence-corrected chi connectivity index (χ1v) is 6.80. The second-order valence-corrected chi connectivity index (χ2v) is 6.60. The van der Waals surface area contributed by atoms with Crippen molar-refractivity contribution in [3.05, 3.63) is 11.6 Å². The van der Waals surface area contributed by atoms with Crippen molar-refractivity contribution in [1.29, 1.82) is 0 Å². The van der Waals surface area contributed by atoms with Crippen LogP contribution in [0.25, 0.3) is 0 Å². The zero-order chi connectivity index (χ0) is 11.9. The minimum absolute atomic E-state index is 0.411. The highest BCUT2D eigenvalue weighted by atomic mass is 16.3. The second kappa shape index (κ2) is 4.18. The van der Waals surface area contributed by atoms with Gasteiger partial charge in [0.15, 0.2) is 0 Å². The summed E-state index contributed by atoms with van der Waals surface area (Å²) in [6.07, 6.45) is 6.84. The summed E-state index contributed by atoms with van der Waals surface area (Å²) in [5, 5.41) is 10.3. The number of hydrogen-bond acceptors (Lipinski definition) is 1. The van der Waals surface area contributed by atoms with Crippen LogP contribution in [0.4, 0.5) is 0 Å². The van der Waals surface area contributed by atoms with Gasteiger partial charge in [0.05, 0.1) is 5.60 Å². The lowest BCUT2D eigenvalue weighted by atomic mass is 9.60. The molecule has 1 fully saturated rings. The monoisotopic (exact) mass is 222 g/mol. The van der Waals surface area contributed by atoms with Gasteiger partial charge >= 0.3 is 0 Å². The van der Waals surface area contributed by atoms with Gasteiger partial charge in [0.25, 0.3) is 0 Å². The standard InChI is InChI=1S/C15H26O/c1-10(2)12-6-5-11(3)13-7-8-15(4,16)9-14(12)13/h5,10,12-14,16H,6-9H2,1-4H3/t12-,13+,14+,15+/m0/s1. The zero-order valence-corrected chi connectivity index (χ0v) is 11.2. The lowest BCUT2D eigenvalue weighted by Crippen LogP contribution is -2.42. The molecule has 1 saturated carbocycles. The number of allylic oxidation sites excluding steroid dienone is 2. The summed E-state index contributed by atoms with van der Waals surface area (Å²) in [6, 6.07) is 0. The molecule has 0 heterocycles. The largest absolute Gasteiger partial charge is 0.390 e. The summed E-state index contributed by atoms with van der Waals surface area (Å²) in [6.45, 7) is 8.97. The predicted molar refractivity (Wildman–Crippen MR) is 68.2 cm³/mol. The smallest absolute Gasteiger partial charge is 0.0623 e. The van der Waals surface area contributed by atoms with Gasteiger partial charge in [-0.05, 0) is 63.2 Å². The average molecular weight is 222 g/mol. The Morgan fingerprint density at radius 1 is 1.44 bits per heavy atom. The minimum Gasteiger partial charge on any atom is -0.390 e. The van der Waals surface area contributed by atoms with Gasteiger partial charge in [0, 0.05) is 0 Å². The van der Waals surface area contributed by atoms with E-state index in [0.29, 0.717) is 5.92 Å². The van der Waals surface area contributed by atoms with E-state index in [0.717, 1.165) is 30.6 Å². The molecule has 92 valence electrons. The Labute approximate surface area is 99.9 Å². The Morgan fingerprint density at radius 2 is 2.12 bits per heavy atom. The summed E-state index contributed by atoms with van der Waals surface area (Å²) >= 11 is 0. The van der Waals surface area contributed by atoms with Crippen molar-refractivity contribution in [2.24, 2.45) is 23.7 Å². The molecule has 0 spiro atoms. The Bertz CT molecular complexity index is 288. The Hall–Kier alpha value is -0.300. The average Bonchev–Trinajstić information content (AvgIpc) is 2.15. The number of hydrogen-bond donors (Lipinski definition) is 1. The highest BCUT2D eigenvalue weighted by molar-refractivity contribution is 5.14. The van der Waals surface area contributed by atoms with Gasteiger partial charge in [-0.1, -0.05) is 25.5 Å². The van der Waals surface area contributed by atoms with E-state index in [1.54, 1.807) is 5.57 Å². The van der Waals surface area contributed by atoms with E-state index in [9.17, 15) is 5.11 Å². The van der Waals surface area contributed by atoms with Crippen molar-refractivity contribution in [3.63, 3.8) is 0 Å². The van der Waals surface area contributed by atoms with Crippen LogP contribution >= 0.6 is 0 Å². The van der Waals surface area contributed by atoms with E-state index in [2.05, 4.69) is 26.8 Å². The van der Waals surface area contributed by atoms with Gasteiger partial charge in [-0.3, -0.25) is 0 Å². The highest BCUT2D eigenvalue weighted by Crippen LogP contribution is 2.49. The highest BCUT2D eigenvalue weighted by Gasteiger charge is 2.42. The van der Waals surface area contributed by atoms with E-state index in [1.165, 1.54) is 12.8 Å². The van der Waals surface area contributed by atoms with Crippen LogP contribution in [0.5, 0.6) is 0 Å². The molecule has 0 aromatic rings. The predicted octanol–water partition coefficient (Wildman–Crippen LogP) is 3.78. The molecule has 0 aliphatic heterocycles. The molecule has 0 aromatic carbocycles. The number of rotatable bonds is 1. The SMILES string of the molecule is CC1=CC[C@@H](C(C)C)[C@H]2C[C@](C)(O)CC[C@H]12. The minimum atomic E-state index is -0.411. The van der Waals surface area contributed by atoms with Crippen LogP contribution in [0.15, 0.2) is 11.6 Å². The van der Waals surface area contributed by atoms with Crippen LogP contribution in [0, 0.1) is 23.7 Å². The van der Waals surface area contributed by atoms with Gasteiger partial charge in [0.2, 0.25) is 0 Å². The fourth-order valence-corrected chi connectivity index (χ4v) is 3.86. The normalized spacial score (nSPS) is 44.1. The number of fused-ring (bicyclic) bond motifs is 1. The Kier molecular flexibility index (Phi) is 3.18. The lowest BCUT2D eigenvalue weighted by molar-refractivity contribution is -0.0370. The third-order valence-corrected chi connectivity index (χ3v) is 4.89. The van der Waals surface area contributed by atoms with Gasteiger partial charge < -0.3 is 5.11 Å². The molecule has 0 aromatic heterocycles. The van der Waals surface area contributed by atoms with Crippen molar-refractivity contribution in [2.75, 3.05) is 0 Å². The van der Waals surface area contributed by atoms with E-state index in [-0.39, 0.29) is 0 Å². The van der Waals surface area contributed by atoms with Crippen LogP contribution in [0.2, 0.25) is 0 Å². The summed E-state index contributed by atoms with van der Waals surface area (Å²) in [4.78, 5) is 0. The van der Waals surface area contributed by atoms with E-state index < -0.39 is 5.60 Å². The van der Waals surface area contributed by atoms with Crippen molar-refractivity contribution in [3.8, 4) is 0 Å². The topological polar surface area (TPSA) is 20.2 Å². The fraction of sp³-hybridized carbons (Fsp3) is 0.867. The second-order valence-electron chi connectivity index (χ2n) is 6.60. The van der Waals surface area contributed by atoms with Crippen LogP contribution in [-0.4, -0.2) is 10.7 Å². The first kappa shape index (κ1) is 12.2. The maximum absolute atomic E-state index is 10.3. The quantitative estimate of drug-likeness (QED) is 0.669. The van der Waals surface area contributed by atoms with Gasteiger partial charge in [-0.2, -0.15) is 0 Å². The first-order chi connectivity index (χ1) is 7.41. The fourth-order valence-electron chi connectivity index (χ4n) is 3.86. The van der Waals surface area contributed by atoms with Crippen LogP contribution in [0.1, 0.15) is 53.4 Å². The molecule has 2 rings (SSSR count). The first-order valence-electron chi connectivity index (χ1n) is 6.80. The molecule has 2 aliphatic rings. The third kappa shape index (κ3) is 2.20. The molecule has 16 heavy (non-hydrogen) atoms. The summed E-state index contributed by atoms with van der Waals surface area (Å²) in [5.74, 6) is 2.99. The maximum atomic E-state index is 10.3. The van der Waals surface area contributed by atoms with E-state index in [1.807, 2.05) is 6.92 Å². The van der Waals surface area contributed by atoms with Crippen LogP contribution in [-0.2, 0) is 0 Å². The Morgan fingerprint density at radius 3 is 2.75 bits per heavy atom. The molecule has 0 radical (unpaired) electrons. The molecule has 0 saturated heterocycles.